The number of phenolic OH excluding ortho intramolecular Hbond substituents is 2. The monoisotopic (exact) mass is 482 g/mol. The summed E-state index contributed by atoms with van der Waals surface area (Å²) in [5.41, 5.74) is 0.406. The first-order chi connectivity index (χ1) is 15.4. The highest BCUT2D eigenvalue weighted by molar-refractivity contribution is 8.00. The van der Waals surface area contributed by atoms with Gasteiger partial charge in [-0.25, -0.2) is 0 Å². The second kappa shape index (κ2) is 12.4. The van der Waals surface area contributed by atoms with Crippen LogP contribution in [0.4, 0.5) is 0 Å². The molecule has 0 radical (unpaired) electrons. The van der Waals surface area contributed by atoms with Gasteiger partial charge in [0.25, 0.3) is 0 Å². The first-order valence-electron chi connectivity index (χ1n) is 9.74. The number of aromatic hydroxyl groups is 2. The third kappa shape index (κ3) is 6.17. The van der Waals surface area contributed by atoms with Crippen LogP contribution in [-0.2, 0) is 19.1 Å². The fraction of sp³-hybridized carbons (Fsp3) is 0.364. The highest BCUT2D eigenvalue weighted by Crippen LogP contribution is 2.52. The van der Waals surface area contributed by atoms with Crippen LogP contribution in [0.3, 0.4) is 0 Å². The lowest BCUT2D eigenvalue weighted by Gasteiger charge is -2.18. The lowest BCUT2D eigenvalue weighted by molar-refractivity contribution is -0.140. The normalized spacial score (nSPS) is 10.5. The number of hydrogen-bond acceptors (Lipinski definition) is 10. The number of rotatable bonds is 11. The minimum atomic E-state index is -0.410. The third-order valence-electron chi connectivity index (χ3n) is 4.20. The number of phenols is 2. The largest absolute Gasteiger partial charge is 0.506 e. The molecular weight excluding hydrogens is 456 g/mol. The SMILES string of the molecule is CCOC(=O)CSc1ccc(OC)c(-c2c(OC)ccc(SCC(=O)OCC)c2O)c1O. The van der Waals surface area contributed by atoms with Crippen LogP contribution in [0.1, 0.15) is 13.8 Å². The van der Waals surface area contributed by atoms with E-state index in [0.717, 1.165) is 23.5 Å². The molecular formula is C22H26O8S2. The maximum Gasteiger partial charge on any atom is 0.316 e. The molecule has 0 spiro atoms. The van der Waals surface area contributed by atoms with Gasteiger partial charge in [0.05, 0.1) is 59.9 Å². The van der Waals surface area contributed by atoms with Crippen molar-refractivity contribution in [1.29, 1.82) is 0 Å². The van der Waals surface area contributed by atoms with Crippen LogP contribution in [0.25, 0.3) is 11.1 Å². The number of thioether (sulfide) groups is 2. The second-order valence-corrected chi connectivity index (χ2v) is 8.20. The number of carbonyl (C=O) groups is 2. The van der Waals surface area contributed by atoms with Gasteiger partial charge in [-0.3, -0.25) is 9.59 Å². The summed E-state index contributed by atoms with van der Waals surface area (Å²) >= 11 is 2.19. The molecule has 0 bridgehead atoms. The molecule has 2 N–H and O–H groups in total. The quantitative estimate of drug-likeness (QED) is 0.359. The standard InChI is InChI=1S/C22H26O8S2/c1-5-29-17(23)11-31-15-9-7-13(27-3)19(21(15)25)20-14(28-4)8-10-16(22(20)26)32-12-18(24)30-6-2/h7-10,25-26H,5-6,11-12H2,1-4H3. The van der Waals surface area contributed by atoms with E-state index in [1.807, 2.05) is 0 Å². The van der Waals surface area contributed by atoms with E-state index in [0.29, 0.717) is 21.3 Å². The van der Waals surface area contributed by atoms with Crippen molar-refractivity contribution in [2.45, 2.75) is 23.6 Å². The zero-order valence-electron chi connectivity index (χ0n) is 18.3. The number of ether oxygens (including phenoxy) is 4. The van der Waals surface area contributed by atoms with E-state index in [1.54, 1.807) is 38.1 Å². The van der Waals surface area contributed by atoms with Gasteiger partial charge >= 0.3 is 11.9 Å². The van der Waals surface area contributed by atoms with Crippen LogP contribution in [-0.4, -0.2) is 61.1 Å². The van der Waals surface area contributed by atoms with Crippen molar-refractivity contribution in [2.24, 2.45) is 0 Å². The van der Waals surface area contributed by atoms with Gasteiger partial charge in [-0.1, -0.05) is 0 Å². The molecule has 0 saturated heterocycles. The molecule has 0 atom stereocenters. The average molecular weight is 483 g/mol. The average Bonchev–Trinajstić information content (AvgIpc) is 2.77. The number of benzene rings is 2. The fourth-order valence-corrected chi connectivity index (χ4v) is 4.36. The van der Waals surface area contributed by atoms with Crippen LogP contribution in [0.15, 0.2) is 34.1 Å². The van der Waals surface area contributed by atoms with Crippen molar-refractivity contribution < 1.29 is 38.7 Å². The molecule has 2 rings (SSSR count). The molecule has 0 aliphatic heterocycles. The topological polar surface area (TPSA) is 112 Å². The zero-order chi connectivity index (χ0) is 23.7. The first kappa shape index (κ1) is 25.5. The van der Waals surface area contributed by atoms with Crippen LogP contribution in [0, 0.1) is 0 Å². The van der Waals surface area contributed by atoms with E-state index >= 15 is 0 Å². The second-order valence-electron chi connectivity index (χ2n) is 6.17. The summed E-state index contributed by atoms with van der Waals surface area (Å²) in [5, 5.41) is 22.0. The van der Waals surface area contributed by atoms with E-state index < -0.39 is 11.9 Å². The first-order valence-corrected chi connectivity index (χ1v) is 11.7. The predicted molar refractivity (Wildman–Crippen MR) is 123 cm³/mol. The van der Waals surface area contributed by atoms with Crippen LogP contribution >= 0.6 is 23.5 Å². The van der Waals surface area contributed by atoms with Gasteiger partial charge in [0.1, 0.15) is 23.0 Å². The van der Waals surface area contributed by atoms with Gasteiger partial charge in [-0.05, 0) is 38.1 Å². The van der Waals surface area contributed by atoms with Crippen molar-refractivity contribution in [2.75, 3.05) is 38.9 Å². The van der Waals surface area contributed by atoms with Crippen molar-refractivity contribution >= 4 is 35.5 Å². The summed E-state index contributed by atoms with van der Waals surface area (Å²) in [7, 11) is 2.87. The summed E-state index contributed by atoms with van der Waals surface area (Å²) < 4.78 is 20.7. The predicted octanol–water partition coefficient (Wildman–Crippen LogP) is 4.09. The molecule has 2 aromatic rings. The van der Waals surface area contributed by atoms with E-state index in [2.05, 4.69) is 0 Å². The molecule has 0 saturated carbocycles. The van der Waals surface area contributed by atoms with Crippen molar-refractivity contribution in [3.8, 4) is 34.1 Å². The Kier molecular flexibility index (Phi) is 9.86. The Hall–Kier alpha value is -2.72. The lowest BCUT2D eigenvalue weighted by atomic mass is 10.0. The minimum Gasteiger partial charge on any atom is -0.506 e. The van der Waals surface area contributed by atoms with Gasteiger partial charge in [-0.15, -0.1) is 23.5 Å². The Labute approximate surface area is 195 Å². The van der Waals surface area contributed by atoms with E-state index in [9.17, 15) is 19.8 Å². The van der Waals surface area contributed by atoms with E-state index in [1.165, 1.54) is 14.2 Å². The van der Waals surface area contributed by atoms with Gasteiger partial charge in [0, 0.05) is 0 Å². The van der Waals surface area contributed by atoms with Gasteiger partial charge in [-0.2, -0.15) is 0 Å². The molecule has 10 heteroatoms. The zero-order valence-corrected chi connectivity index (χ0v) is 19.9. The Balaban J connectivity index is 2.51. The van der Waals surface area contributed by atoms with Crippen molar-refractivity contribution in [1.82, 2.24) is 0 Å². The van der Waals surface area contributed by atoms with E-state index in [4.69, 9.17) is 18.9 Å². The van der Waals surface area contributed by atoms with Crippen molar-refractivity contribution in [3.05, 3.63) is 24.3 Å². The molecule has 0 unspecified atom stereocenters. The fourth-order valence-electron chi connectivity index (χ4n) is 2.84. The molecule has 0 aliphatic carbocycles. The van der Waals surface area contributed by atoms with Crippen LogP contribution in [0.2, 0.25) is 0 Å². The Morgan fingerprint density at radius 3 is 1.44 bits per heavy atom. The molecule has 8 nitrogen and oxygen atoms in total. The van der Waals surface area contributed by atoms with E-state index in [-0.39, 0.29) is 47.3 Å². The summed E-state index contributed by atoms with van der Waals surface area (Å²) in [6, 6.07) is 6.48. The summed E-state index contributed by atoms with van der Waals surface area (Å²) in [4.78, 5) is 24.3. The number of carbonyl (C=O) groups excluding carboxylic acids is 2. The number of methoxy groups -OCH3 is 2. The molecule has 0 amide bonds. The highest BCUT2D eigenvalue weighted by atomic mass is 32.2. The summed E-state index contributed by atoms with van der Waals surface area (Å²) in [6.45, 7) is 3.96. The van der Waals surface area contributed by atoms with Gasteiger partial charge in [0.15, 0.2) is 0 Å². The molecule has 0 aliphatic rings. The van der Waals surface area contributed by atoms with Gasteiger partial charge in [0.2, 0.25) is 0 Å². The van der Waals surface area contributed by atoms with Crippen LogP contribution < -0.4 is 9.47 Å². The molecule has 0 aromatic heterocycles. The Bertz CT molecular complexity index is 884. The van der Waals surface area contributed by atoms with Crippen molar-refractivity contribution in [3.63, 3.8) is 0 Å². The molecule has 0 fully saturated rings. The summed E-state index contributed by atoms with van der Waals surface area (Å²) in [6.07, 6.45) is 0. The maximum absolute atomic E-state index is 11.7. The lowest BCUT2D eigenvalue weighted by Crippen LogP contribution is -2.06. The third-order valence-corrected chi connectivity index (χ3v) is 6.24. The van der Waals surface area contributed by atoms with Gasteiger partial charge < -0.3 is 29.2 Å². The molecule has 0 heterocycles. The molecule has 174 valence electrons. The minimum absolute atomic E-state index is 0.00567. The van der Waals surface area contributed by atoms with Crippen LogP contribution in [0.5, 0.6) is 23.0 Å². The smallest absolute Gasteiger partial charge is 0.316 e. The molecule has 32 heavy (non-hydrogen) atoms. The Morgan fingerprint density at radius 1 is 0.750 bits per heavy atom. The number of hydrogen-bond donors (Lipinski definition) is 2. The maximum atomic E-state index is 11.7. The molecule has 2 aromatic carbocycles. The summed E-state index contributed by atoms with van der Waals surface area (Å²) in [5.74, 6) is -0.579. The number of esters is 2. The Morgan fingerprint density at radius 2 is 1.12 bits per heavy atom. The highest BCUT2D eigenvalue weighted by Gasteiger charge is 2.25.